The summed E-state index contributed by atoms with van der Waals surface area (Å²) < 4.78 is 40.2. The molecular formula is C14H9ClF3N3. The summed E-state index contributed by atoms with van der Waals surface area (Å²) in [6, 6.07) is 7.36. The molecule has 0 fully saturated rings. The third-order valence-electron chi connectivity index (χ3n) is 3.03. The first-order valence-electron chi connectivity index (χ1n) is 6.05. The third kappa shape index (κ3) is 2.47. The highest BCUT2D eigenvalue weighted by Gasteiger charge is 2.36. The van der Waals surface area contributed by atoms with Gasteiger partial charge in [-0.15, -0.1) is 0 Å². The topological polar surface area (TPSA) is 30.7 Å². The van der Waals surface area contributed by atoms with Crippen LogP contribution in [0.2, 0.25) is 5.02 Å². The number of nitrogens with zero attached hydrogens (tertiary/aromatic N) is 3. The van der Waals surface area contributed by atoms with E-state index in [0.717, 1.165) is 10.7 Å². The molecule has 3 rings (SSSR count). The van der Waals surface area contributed by atoms with Gasteiger partial charge in [-0.2, -0.15) is 18.3 Å². The fraction of sp³-hybridized carbons (Fsp3) is 0.143. The molecule has 0 atom stereocenters. The van der Waals surface area contributed by atoms with Crippen LogP contribution in [0.5, 0.6) is 0 Å². The van der Waals surface area contributed by atoms with Crippen LogP contribution >= 0.6 is 11.6 Å². The number of benzene rings is 1. The summed E-state index contributed by atoms with van der Waals surface area (Å²) in [4.78, 5) is 4.12. The van der Waals surface area contributed by atoms with Crippen molar-refractivity contribution < 1.29 is 13.2 Å². The molecule has 7 heteroatoms. The molecule has 21 heavy (non-hydrogen) atoms. The zero-order valence-corrected chi connectivity index (χ0v) is 11.6. The number of hydrogen-bond acceptors (Lipinski definition) is 2. The Hall–Kier alpha value is -2.08. The van der Waals surface area contributed by atoms with Gasteiger partial charge in [-0.1, -0.05) is 11.6 Å². The van der Waals surface area contributed by atoms with Crippen molar-refractivity contribution in [1.82, 2.24) is 14.8 Å². The minimum atomic E-state index is -4.48. The number of fused-ring (bicyclic) bond motifs is 1. The van der Waals surface area contributed by atoms with E-state index >= 15 is 0 Å². The summed E-state index contributed by atoms with van der Waals surface area (Å²) in [7, 11) is 0. The smallest absolute Gasteiger partial charge is 0.256 e. The average Bonchev–Trinajstić information content (AvgIpc) is 2.79. The van der Waals surface area contributed by atoms with Gasteiger partial charge in [0.05, 0.1) is 16.9 Å². The summed E-state index contributed by atoms with van der Waals surface area (Å²) in [6.07, 6.45) is -3.05. The Morgan fingerprint density at radius 1 is 1.14 bits per heavy atom. The van der Waals surface area contributed by atoms with E-state index in [0.29, 0.717) is 27.3 Å². The van der Waals surface area contributed by atoms with Crippen molar-refractivity contribution >= 4 is 22.5 Å². The minimum absolute atomic E-state index is 0.293. The van der Waals surface area contributed by atoms with Crippen molar-refractivity contribution in [3.63, 3.8) is 0 Å². The lowest BCUT2D eigenvalue weighted by Gasteiger charge is -2.12. The van der Waals surface area contributed by atoms with Crippen molar-refractivity contribution in [2.45, 2.75) is 13.1 Å². The normalized spacial score (nSPS) is 12.0. The van der Waals surface area contributed by atoms with E-state index in [1.165, 1.54) is 19.2 Å². The predicted molar refractivity (Wildman–Crippen MR) is 73.6 cm³/mol. The maximum atomic E-state index is 13.1. The van der Waals surface area contributed by atoms with E-state index in [4.69, 9.17) is 11.6 Å². The zero-order valence-electron chi connectivity index (χ0n) is 10.8. The van der Waals surface area contributed by atoms with Gasteiger partial charge in [0.15, 0.2) is 0 Å². The second kappa shape index (κ2) is 4.73. The highest BCUT2D eigenvalue weighted by molar-refractivity contribution is 6.31. The molecule has 2 aromatic heterocycles. The van der Waals surface area contributed by atoms with E-state index in [1.807, 2.05) is 0 Å². The number of alkyl halides is 3. The summed E-state index contributed by atoms with van der Waals surface area (Å²) in [5.41, 5.74) is 0.307. The molecule has 0 radical (unpaired) electrons. The summed E-state index contributed by atoms with van der Waals surface area (Å²) in [5.74, 6) is 0. The van der Waals surface area contributed by atoms with Crippen molar-refractivity contribution in [3.05, 3.63) is 52.9 Å². The van der Waals surface area contributed by atoms with Crippen LogP contribution in [0.1, 0.15) is 11.4 Å². The number of halogens is 4. The van der Waals surface area contributed by atoms with E-state index in [2.05, 4.69) is 10.1 Å². The highest BCUT2D eigenvalue weighted by Crippen LogP contribution is 2.33. The Morgan fingerprint density at radius 2 is 1.90 bits per heavy atom. The van der Waals surface area contributed by atoms with Gasteiger partial charge in [-0.3, -0.25) is 4.98 Å². The van der Waals surface area contributed by atoms with Crippen LogP contribution in [0, 0.1) is 6.92 Å². The molecule has 0 spiro atoms. The molecule has 108 valence electrons. The first kappa shape index (κ1) is 13.9. The lowest BCUT2D eigenvalue weighted by molar-refractivity contribution is -0.142. The molecule has 2 heterocycles. The fourth-order valence-electron chi connectivity index (χ4n) is 2.18. The number of aromatic nitrogens is 3. The van der Waals surface area contributed by atoms with E-state index in [9.17, 15) is 13.2 Å². The zero-order chi connectivity index (χ0) is 15.2. The lowest BCUT2D eigenvalue weighted by atomic mass is 10.2. The van der Waals surface area contributed by atoms with Gasteiger partial charge < -0.3 is 0 Å². The van der Waals surface area contributed by atoms with Crippen LogP contribution in [0.3, 0.4) is 0 Å². The van der Waals surface area contributed by atoms with Gasteiger partial charge in [0, 0.05) is 16.6 Å². The van der Waals surface area contributed by atoms with Crippen LogP contribution in [0.25, 0.3) is 16.6 Å². The largest absolute Gasteiger partial charge is 0.433 e. The molecular weight excluding hydrogens is 303 g/mol. The molecule has 3 aromatic rings. The predicted octanol–water partition coefficient (Wildman–Crippen LogP) is 4.40. The summed E-state index contributed by atoms with van der Waals surface area (Å²) >= 11 is 5.88. The highest BCUT2D eigenvalue weighted by atomic mass is 35.5. The van der Waals surface area contributed by atoms with Gasteiger partial charge in [0.25, 0.3) is 0 Å². The van der Waals surface area contributed by atoms with E-state index < -0.39 is 11.9 Å². The van der Waals surface area contributed by atoms with Crippen LogP contribution in [-0.2, 0) is 6.18 Å². The molecule has 0 aliphatic carbocycles. The van der Waals surface area contributed by atoms with Crippen LogP contribution < -0.4 is 0 Å². The molecule has 0 aliphatic rings. The Morgan fingerprint density at radius 3 is 2.62 bits per heavy atom. The molecule has 0 unspecified atom stereocenters. The second-order valence-corrected chi connectivity index (χ2v) is 5.01. The molecule has 0 aliphatic heterocycles. The SMILES string of the molecule is Cc1cc(C(F)(F)F)n(-c2ccnc3cc(Cl)ccc23)n1. The first-order chi connectivity index (χ1) is 9.86. The molecule has 0 amide bonds. The molecule has 1 aromatic carbocycles. The summed E-state index contributed by atoms with van der Waals surface area (Å²) in [6.45, 7) is 1.52. The Balaban J connectivity index is 2.31. The minimum Gasteiger partial charge on any atom is -0.256 e. The Bertz CT molecular complexity index is 824. The maximum absolute atomic E-state index is 13.1. The fourth-order valence-corrected chi connectivity index (χ4v) is 2.34. The maximum Gasteiger partial charge on any atom is 0.433 e. The molecule has 3 nitrogen and oxygen atoms in total. The third-order valence-corrected chi connectivity index (χ3v) is 3.27. The second-order valence-electron chi connectivity index (χ2n) is 4.57. The van der Waals surface area contributed by atoms with Gasteiger partial charge in [-0.25, -0.2) is 4.68 Å². The average molecular weight is 312 g/mol. The summed E-state index contributed by atoms with van der Waals surface area (Å²) in [5, 5.41) is 4.98. The monoisotopic (exact) mass is 311 g/mol. The number of pyridine rings is 1. The first-order valence-corrected chi connectivity index (χ1v) is 6.42. The van der Waals surface area contributed by atoms with Gasteiger partial charge >= 0.3 is 6.18 Å². The Kier molecular flexibility index (Phi) is 3.13. The molecule has 0 saturated heterocycles. The van der Waals surface area contributed by atoms with Crippen molar-refractivity contribution in [3.8, 4) is 5.69 Å². The van der Waals surface area contributed by atoms with Crippen molar-refractivity contribution in [2.75, 3.05) is 0 Å². The van der Waals surface area contributed by atoms with Crippen LogP contribution in [0.15, 0.2) is 36.5 Å². The van der Waals surface area contributed by atoms with Gasteiger partial charge in [0.2, 0.25) is 0 Å². The standard InChI is InChI=1S/C14H9ClF3N3/c1-8-6-13(14(16,17)18)21(20-8)12-4-5-19-11-7-9(15)2-3-10(11)12/h2-7H,1H3. The van der Waals surface area contributed by atoms with Crippen LogP contribution in [0.4, 0.5) is 13.2 Å². The molecule has 0 N–H and O–H groups in total. The van der Waals surface area contributed by atoms with E-state index in [-0.39, 0.29) is 0 Å². The quantitative estimate of drug-likeness (QED) is 0.667. The van der Waals surface area contributed by atoms with Gasteiger partial charge in [-0.05, 0) is 37.3 Å². The van der Waals surface area contributed by atoms with Crippen molar-refractivity contribution in [1.29, 1.82) is 0 Å². The van der Waals surface area contributed by atoms with Crippen molar-refractivity contribution in [2.24, 2.45) is 0 Å². The molecule has 0 saturated carbocycles. The van der Waals surface area contributed by atoms with Gasteiger partial charge in [0.1, 0.15) is 5.69 Å². The number of hydrogen-bond donors (Lipinski definition) is 0. The van der Waals surface area contributed by atoms with Crippen LogP contribution in [-0.4, -0.2) is 14.8 Å². The number of aryl methyl sites for hydroxylation is 1. The number of rotatable bonds is 1. The Labute approximate surface area is 123 Å². The lowest BCUT2D eigenvalue weighted by Crippen LogP contribution is -2.13. The molecule has 0 bridgehead atoms. The van der Waals surface area contributed by atoms with E-state index in [1.54, 1.807) is 18.2 Å².